The average molecular weight is 400 g/mol. The summed E-state index contributed by atoms with van der Waals surface area (Å²) >= 11 is 0. The second-order valence-electron chi connectivity index (χ2n) is 5.90. The SMILES string of the molecule is CN(C)CCOc1ccccc1C(=O)NCCc1ccc(N)cc1.Cl.Cl. The quantitative estimate of drug-likeness (QED) is 0.669. The molecule has 2 rings (SSSR count). The third-order valence-corrected chi connectivity index (χ3v) is 3.61. The van der Waals surface area contributed by atoms with Gasteiger partial charge in [-0.3, -0.25) is 4.79 Å². The van der Waals surface area contributed by atoms with Gasteiger partial charge in [0.05, 0.1) is 5.56 Å². The highest BCUT2D eigenvalue weighted by molar-refractivity contribution is 5.96. The lowest BCUT2D eigenvalue weighted by Gasteiger charge is -2.14. The first-order chi connectivity index (χ1) is 11.6. The molecule has 0 aliphatic rings. The number of carbonyl (C=O) groups is 1. The molecule has 0 fully saturated rings. The van der Waals surface area contributed by atoms with Crippen LogP contribution in [0.15, 0.2) is 48.5 Å². The minimum absolute atomic E-state index is 0. The Morgan fingerprint density at radius 2 is 1.73 bits per heavy atom. The molecule has 1 amide bonds. The molecule has 0 bridgehead atoms. The number of benzene rings is 2. The molecule has 0 aliphatic heterocycles. The third kappa shape index (κ3) is 7.95. The Hall–Kier alpha value is -1.95. The maximum Gasteiger partial charge on any atom is 0.255 e. The number of rotatable bonds is 8. The van der Waals surface area contributed by atoms with Gasteiger partial charge >= 0.3 is 0 Å². The number of nitrogens with two attached hydrogens (primary N) is 1. The van der Waals surface area contributed by atoms with Crippen molar-refractivity contribution in [3.63, 3.8) is 0 Å². The van der Waals surface area contributed by atoms with E-state index in [9.17, 15) is 4.79 Å². The Morgan fingerprint density at radius 3 is 2.38 bits per heavy atom. The van der Waals surface area contributed by atoms with Crippen molar-refractivity contribution in [2.75, 3.05) is 39.5 Å². The van der Waals surface area contributed by atoms with E-state index >= 15 is 0 Å². The summed E-state index contributed by atoms with van der Waals surface area (Å²) in [5.74, 6) is 0.496. The van der Waals surface area contributed by atoms with Gasteiger partial charge in [0, 0.05) is 18.8 Å². The summed E-state index contributed by atoms with van der Waals surface area (Å²) in [5, 5.41) is 2.94. The van der Waals surface area contributed by atoms with Gasteiger partial charge in [0.2, 0.25) is 0 Å². The van der Waals surface area contributed by atoms with Gasteiger partial charge in [0.15, 0.2) is 0 Å². The predicted octanol–water partition coefficient (Wildman–Crippen LogP) is 3.03. The van der Waals surface area contributed by atoms with Gasteiger partial charge in [0.25, 0.3) is 5.91 Å². The van der Waals surface area contributed by atoms with Crippen molar-refractivity contribution in [1.29, 1.82) is 0 Å². The summed E-state index contributed by atoms with van der Waals surface area (Å²) in [6.45, 7) is 1.91. The van der Waals surface area contributed by atoms with Crippen LogP contribution in [-0.4, -0.2) is 44.6 Å². The summed E-state index contributed by atoms with van der Waals surface area (Å²) < 4.78 is 5.73. The van der Waals surface area contributed by atoms with E-state index in [-0.39, 0.29) is 30.7 Å². The molecule has 0 atom stereocenters. The van der Waals surface area contributed by atoms with Crippen molar-refractivity contribution in [2.45, 2.75) is 6.42 Å². The molecule has 3 N–H and O–H groups in total. The Kier molecular flexibility index (Phi) is 11.5. The molecule has 0 aromatic heterocycles. The maximum absolute atomic E-state index is 12.4. The van der Waals surface area contributed by atoms with E-state index in [2.05, 4.69) is 5.32 Å². The van der Waals surface area contributed by atoms with Crippen LogP contribution in [-0.2, 0) is 6.42 Å². The van der Waals surface area contributed by atoms with Crippen LogP contribution in [0.3, 0.4) is 0 Å². The monoisotopic (exact) mass is 399 g/mol. The second-order valence-corrected chi connectivity index (χ2v) is 5.90. The Bertz CT molecular complexity index is 664. The van der Waals surface area contributed by atoms with Crippen LogP contribution in [0.1, 0.15) is 15.9 Å². The summed E-state index contributed by atoms with van der Waals surface area (Å²) in [6.07, 6.45) is 0.760. The lowest BCUT2D eigenvalue weighted by molar-refractivity contribution is 0.0949. The van der Waals surface area contributed by atoms with Gasteiger partial charge in [-0.25, -0.2) is 0 Å². The van der Waals surface area contributed by atoms with Crippen LogP contribution in [0, 0.1) is 0 Å². The van der Waals surface area contributed by atoms with Gasteiger partial charge in [0.1, 0.15) is 12.4 Å². The molecule has 0 unspecified atom stereocenters. The van der Waals surface area contributed by atoms with Crippen molar-refractivity contribution in [3.8, 4) is 5.75 Å². The Labute approximate surface area is 167 Å². The van der Waals surface area contributed by atoms with E-state index in [1.807, 2.05) is 61.5 Å². The lowest BCUT2D eigenvalue weighted by Crippen LogP contribution is -2.26. The van der Waals surface area contributed by atoms with Crippen LogP contribution in [0.25, 0.3) is 0 Å². The molecular weight excluding hydrogens is 373 g/mol. The van der Waals surface area contributed by atoms with E-state index in [0.29, 0.717) is 24.5 Å². The van der Waals surface area contributed by atoms with Gasteiger partial charge < -0.3 is 20.7 Å². The number of hydrogen-bond acceptors (Lipinski definition) is 4. The van der Waals surface area contributed by atoms with E-state index < -0.39 is 0 Å². The number of amides is 1. The molecule has 0 heterocycles. The van der Waals surface area contributed by atoms with Gasteiger partial charge in [-0.2, -0.15) is 0 Å². The number of nitrogens with one attached hydrogen (secondary N) is 1. The minimum Gasteiger partial charge on any atom is -0.491 e. The first-order valence-corrected chi connectivity index (χ1v) is 8.05. The lowest BCUT2D eigenvalue weighted by atomic mass is 10.1. The van der Waals surface area contributed by atoms with Gasteiger partial charge in [-0.1, -0.05) is 24.3 Å². The number of nitrogens with zero attached hydrogens (tertiary/aromatic N) is 1. The molecule has 2 aromatic carbocycles. The summed E-state index contributed by atoms with van der Waals surface area (Å²) in [4.78, 5) is 14.4. The Balaban J connectivity index is 0.00000312. The smallest absolute Gasteiger partial charge is 0.255 e. The highest BCUT2D eigenvalue weighted by Crippen LogP contribution is 2.17. The molecule has 0 saturated heterocycles. The number of para-hydroxylation sites is 1. The zero-order valence-corrected chi connectivity index (χ0v) is 16.7. The molecule has 0 saturated carbocycles. The highest BCUT2D eigenvalue weighted by Gasteiger charge is 2.11. The second kappa shape index (κ2) is 12.4. The van der Waals surface area contributed by atoms with Crippen molar-refractivity contribution in [1.82, 2.24) is 10.2 Å². The minimum atomic E-state index is -0.120. The molecular formula is C19H27Cl2N3O2. The van der Waals surface area contributed by atoms with Gasteiger partial charge in [-0.05, 0) is 50.3 Å². The maximum atomic E-state index is 12.4. The Morgan fingerprint density at radius 1 is 1.08 bits per heavy atom. The standard InChI is InChI=1S/C19H25N3O2.2ClH/c1-22(2)13-14-24-18-6-4-3-5-17(18)19(23)21-12-11-15-7-9-16(20)10-8-15;;/h3-10H,11-14,20H2,1-2H3,(H,21,23);2*1H. The van der Waals surface area contributed by atoms with E-state index in [1.54, 1.807) is 6.07 Å². The normalized spacial score (nSPS) is 9.81. The summed E-state index contributed by atoms with van der Waals surface area (Å²) in [7, 11) is 3.97. The fourth-order valence-corrected chi connectivity index (χ4v) is 2.22. The van der Waals surface area contributed by atoms with E-state index in [0.717, 1.165) is 24.2 Å². The van der Waals surface area contributed by atoms with Crippen LogP contribution >= 0.6 is 24.8 Å². The van der Waals surface area contributed by atoms with Crippen LogP contribution in [0.2, 0.25) is 0 Å². The molecule has 7 heteroatoms. The summed E-state index contributed by atoms with van der Waals surface area (Å²) in [6, 6.07) is 15.0. The molecule has 5 nitrogen and oxygen atoms in total. The molecule has 0 radical (unpaired) electrons. The molecule has 0 spiro atoms. The molecule has 2 aromatic rings. The number of ether oxygens (including phenoxy) is 1. The average Bonchev–Trinajstić information content (AvgIpc) is 2.56. The third-order valence-electron chi connectivity index (χ3n) is 3.61. The molecule has 0 aliphatic carbocycles. The van der Waals surface area contributed by atoms with Crippen LogP contribution < -0.4 is 15.8 Å². The van der Waals surface area contributed by atoms with Crippen LogP contribution in [0.5, 0.6) is 5.75 Å². The zero-order valence-electron chi connectivity index (χ0n) is 15.1. The predicted molar refractivity (Wildman–Crippen MR) is 112 cm³/mol. The zero-order chi connectivity index (χ0) is 17.4. The first kappa shape index (κ1) is 24.1. The number of nitrogen functional groups attached to an aromatic ring is 1. The fourth-order valence-electron chi connectivity index (χ4n) is 2.22. The highest BCUT2D eigenvalue weighted by atomic mass is 35.5. The summed E-state index contributed by atoms with van der Waals surface area (Å²) in [5.41, 5.74) is 8.11. The fraction of sp³-hybridized carbons (Fsp3) is 0.316. The van der Waals surface area contributed by atoms with E-state index in [4.69, 9.17) is 10.5 Å². The van der Waals surface area contributed by atoms with E-state index in [1.165, 1.54) is 0 Å². The van der Waals surface area contributed by atoms with Crippen molar-refractivity contribution in [2.24, 2.45) is 0 Å². The number of halogens is 2. The number of anilines is 1. The van der Waals surface area contributed by atoms with Crippen molar-refractivity contribution < 1.29 is 9.53 Å². The topological polar surface area (TPSA) is 67.6 Å². The van der Waals surface area contributed by atoms with Crippen LogP contribution in [0.4, 0.5) is 5.69 Å². The molecule has 26 heavy (non-hydrogen) atoms. The molecule has 144 valence electrons. The van der Waals surface area contributed by atoms with Crippen molar-refractivity contribution >= 4 is 36.4 Å². The number of hydrogen-bond donors (Lipinski definition) is 2. The largest absolute Gasteiger partial charge is 0.491 e. The first-order valence-electron chi connectivity index (χ1n) is 8.05. The van der Waals surface area contributed by atoms with Gasteiger partial charge in [-0.15, -0.1) is 24.8 Å². The number of carbonyl (C=O) groups excluding carboxylic acids is 1. The van der Waals surface area contributed by atoms with Crippen molar-refractivity contribution in [3.05, 3.63) is 59.7 Å². The number of likely N-dealkylation sites (N-methyl/N-ethyl adjacent to an activating group) is 1.